The molecule has 27 heavy (non-hydrogen) atoms. The van der Waals surface area contributed by atoms with Crippen molar-refractivity contribution in [1.82, 2.24) is 14.5 Å². The molecule has 9 heteroatoms. The van der Waals surface area contributed by atoms with Crippen LogP contribution in [0.25, 0.3) is 10.9 Å². The maximum atomic E-state index is 12.7. The molecule has 0 bridgehead atoms. The van der Waals surface area contributed by atoms with Crippen molar-refractivity contribution in [3.8, 4) is 0 Å². The van der Waals surface area contributed by atoms with E-state index < -0.39 is 0 Å². The summed E-state index contributed by atoms with van der Waals surface area (Å²) in [6, 6.07) is 9.17. The van der Waals surface area contributed by atoms with Gasteiger partial charge in [0.15, 0.2) is 5.16 Å². The monoisotopic (exact) mass is 485 g/mol. The number of rotatable bonds is 6. The lowest BCUT2D eigenvalue weighted by atomic mass is 10.2. The molecule has 0 saturated carbocycles. The van der Waals surface area contributed by atoms with Crippen LogP contribution in [0.2, 0.25) is 4.34 Å². The smallest absolute Gasteiger partial charge is 0.262 e. The standard InChI is InChI=1S/C18H17BrClN3O2S2/c1-3-23-17(25)13-8-11(19)4-6-14(13)21-18(23)26-10-16(24)22(2)9-12-5-7-15(20)27-12/h4-8H,3,9-10H2,1-2H3. The van der Waals surface area contributed by atoms with E-state index in [4.69, 9.17) is 11.6 Å². The van der Waals surface area contributed by atoms with Crippen LogP contribution < -0.4 is 5.56 Å². The number of amides is 1. The number of fused-ring (bicyclic) bond motifs is 1. The Morgan fingerprint density at radius 1 is 1.37 bits per heavy atom. The first kappa shape index (κ1) is 20.4. The zero-order chi connectivity index (χ0) is 19.6. The van der Waals surface area contributed by atoms with Crippen LogP contribution in [0.5, 0.6) is 0 Å². The summed E-state index contributed by atoms with van der Waals surface area (Å²) >= 11 is 12.1. The van der Waals surface area contributed by atoms with Crippen LogP contribution in [0.1, 0.15) is 11.8 Å². The number of benzene rings is 1. The molecule has 2 heterocycles. The summed E-state index contributed by atoms with van der Waals surface area (Å²) in [4.78, 5) is 32.5. The third-order valence-corrected chi connectivity index (χ3v) is 6.64. The average Bonchev–Trinajstić information content (AvgIpc) is 3.05. The van der Waals surface area contributed by atoms with Gasteiger partial charge >= 0.3 is 0 Å². The minimum Gasteiger partial charge on any atom is -0.340 e. The molecule has 0 saturated heterocycles. The van der Waals surface area contributed by atoms with E-state index in [1.807, 2.05) is 25.1 Å². The Balaban J connectivity index is 1.76. The SMILES string of the molecule is CCn1c(SCC(=O)N(C)Cc2ccc(Cl)s2)nc2ccc(Br)cc2c1=O. The highest BCUT2D eigenvalue weighted by Gasteiger charge is 2.15. The van der Waals surface area contributed by atoms with Gasteiger partial charge in [-0.15, -0.1) is 11.3 Å². The van der Waals surface area contributed by atoms with Crippen molar-refractivity contribution in [3.05, 3.63) is 54.4 Å². The van der Waals surface area contributed by atoms with Crippen molar-refractivity contribution in [1.29, 1.82) is 0 Å². The second-order valence-corrected chi connectivity index (χ2v) is 9.51. The summed E-state index contributed by atoms with van der Waals surface area (Å²) in [5.41, 5.74) is 0.532. The molecule has 0 N–H and O–H groups in total. The van der Waals surface area contributed by atoms with Gasteiger partial charge < -0.3 is 4.90 Å². The van der Waals surface area contributed by atoms with Crippen molar-refractivity contribution in [2.45, 2.75) is 25.2 Å². The lowest BCUT2D eigenvalue weighted by Gasteiger charge is -2.17. The predicted octanol–water partition coefficient (Wildman–Crippen LogP) is 4.64. The quantitative estimate of drug-likeness (QED) is 0.376. The van der Waals surface area contributed by atoms with E-state index in [9.17, 15) is 9.59 Å². The normalized spacial score (nSPS) is 11.1. The van der Waals surface area contributed by atoms with E-state index in [2.05, 4.69) is 20.9 Å². The van der Waals surface area contributed by atoms with E-state index >= 15 is 0 Å². The first-order valence-electron chi connectivity index (χ1n) is 8.20. The van der Waals surface area contributed by atoms with Crippen LogP contribution >= 0.6 is 50.6 Å². The molecule has 0 aliphatic heterocycles. The van der Waals surface area contributed by atoms with Crippen LogP contribution in [-0.2, 0) is 17.9 Å². The third kappa shape index (κ3) is 4.74. The van der Waals surface area contributed by atoms with Crippen molar-refractivity contribution in [2.75, 3.05) is 12.8 Å². The Morgan fingerprint density at radius 2 is 2.15 bits per heavy atom. The molecule has 1 amide bonds. The number of halogens is 2. The molecule has 2 aromatic heterocycles. The second kappa shape index (κ2) is 8.77. The summed E-state index contributed by atoms with van der Waals surface area (Å²) in [5, 5.41) is 1.12. The van der Waals surface area contributed by atoms with E-state index in [0.717, 1.165) is 9.35 Å². The lowest BCUT2D eigenvalue weighted by molar-refractivity contribution is -0.127. The maximum absolute atomic E-state index is 12.7. The summed E-state index contributed by atoms with van der Waals surface area (Å²) in [6.45, 7) is 2.90. The topological polar surface area (TPSA) is 55.2 Å². The molecule has 3 aromatic rings. The zero-order valence-corrected chi connectivity index (χ0v) is 18.7. The second-order valence-electron chi connectivity index (χ2n) is 5.85. The van der Waals surface area contributed by atoms with Crippen LogP contribution in [0.3, 0.4) is 0 Å². The Morgan fingerprint density at radius 3 is 2.81 bits per heavy atom. The van der Waals surface area contributed by atoms with Gasteiger partial charge in [0.1, 0.15) is 0 Å². The Labute approximate surface area is 178 Å². The fourth-order valence-corrected chi connectivity index (χ4v) is 5.06. The summed E-state index contributed by atoms with van der Waals surface area (Å²) in [6.07, 6.45) is 0. The van der Waals surface area contributed by atoms with Gasteiger partial charge in [0.05, 0.1) is 27.5 Å². The molecule has 5 nitrogen and oxygen atoms in total. The van der Waals surface area contributed by atoms with Gasteiger partial charge in [0.25, 0.3) is 5.56 Å². The van der Waals surface area contributed by atoms with Crippen molar-refractivity contribution in [2.24, 2.45) is 0 Å². The van der Waals surface area contributed by atoms with E-state index in [0.29, 0.717) is 33.5 Å². The van der Waals surface area contributed by atoms with E-state index in [1.54, 1.807) is 28.6 Å². The first-order chi connectivity index (χ1) is 12.9. The number of hydrogen-bond acceptors (Lipinski definition) is 5. The van der Waals surface area contributed by atoms with Crippen molar-refractivity contribution >= 4 is 67.4 Å². The maximum Gasteiger partial charge on any atom is 0.262 e. The van der Waals surface area contributed by atoms with E-state index in [1.165, 1.54) is 23.1 Å². The van der Waals surface area contributed by atoms with Gasteiger partial charge in [-0.2, -0.15) is 0 Å². The number of carbonyl (C=O) groups is 1. The number of carbonyl (C=O) groups excluding carboxylic acids is 1. The highest BCUT2D eigenvalue weighted by Crippen LogP contribution is 2.24. The van der Waals surface area contributed by atoms with Crippen LogP contribution in [-0.4, -0.2) is 33.2 Å². The Kier molecular flexibility index (Phi) is 6.62. The summed E-state index contributed by atoms with van der Waals surface area (Å²) in [7, 11) is 1.76. The number of hydrogen-bond donors (Lipinski definition) is 0. The highest BCUT2D eigenvalue weighted by atomic mass is 79.9. The molecule has 142 valence electrons. The van der Waals surface area contributed by atoms with Crippen molar-refractivity contribution < 1.29 is 4.79 Å². The summed E-state index contributed by atoms with van der Waals surface area (Å²) < 4.78 is 3.15. The molecule has 3 rings (SSSR count). The molecule has 0 aliphatic carbocycles. The van der Waals surface area contributed by atoms with Gasteiger partial charge in [-0.1, -0.05) is 39.3 Å². The average molecular weight is 487 g/mol. The molecule has 0 aliphatic rings. The number of nitrogens with zero attached hydrogens (tertiary/aromatic N) is 3. The number of aromatic nitrogens is 2. The number of thiophene rings is 1. The lowest BCUT2D eigenvalue weighted by Crippen LogP contribution is -2.28. The van der Waals surface area contributed by atoms with Crippen LogP contribution in [0.15, 0.2) is 44.8 Å². The Bertz CT molecular complexity index is 1050. The molecule has 0 fully saturated rings. The fourth-order valence-electron chi connectivity index (χ4n) is 2.56. The van der Waals surface area contributed by atoms with Gasteiger partial charge in [0, 0.05) is 22.9 Å². The molecular weight excluding hydrogens is 470 g/mol. The van der Waals surface area contributed by atoms with Crippen molar-refractivity contribution in [3.63, 3.8) is 0 Å². The third-order valence-electron chi connectivity index (χ3n) is 3.97. The minimum absolute atomic E-state index is 0.0303. The molecule has 1 aromatic carbocycles. The van der Waals surface area contributed by atoms with Gasteiger partial charge in [-0.05, 0) is 37.3 Å². The first-order valence-corrected chi connectivity index (χ1v) is 11.2. The number of thioether (sulfide) groups is 1. The van der Waals surface area contributed by atoms with Gasteiger partial charge in [-0.25, -0.2) is 4.98 Å². The van der Waals surface area contributed by atoms with Gasteiger partial charge in [-0.3, -0.25) is 14.2 Å². The van der Waals surface area contributed by atoms with Gasteiger partial charge in [0.2, 0.25) is 5.91 Å². The molecule has 0 spiro atoms. The van der Waals surface area contributed by atoms with E-state index in [-0.39, 0.29) is 17.2 Å². The molecule has 0 atom stereocenters. The summed E-state index contributed by atoms with van der Waals surface area (Å²) in [5.74, 6) is 0.182. The molecule has 0 radical (unpaired) electrons. The fraction of sp³-hybridized carbons (Fsp3) is 0.278. The van der Waals surface area contributed by atoms with Crippen LogP contribution in [0, 0.1) is 0 Å². The minimum atomic E-state index is -0.0969. The van der Waals surface area contributed by atoms with Crippen LogP contribution in [0.4, 0.5) is 0 Å². The Hall–Kier alpha value is -1.35. The molecular formula is C18H17BrClN3O2S2. The zero-order valence-electron chi connectivity index (χ0n) is 14.7. The highest BCUT2D eigenvalue weighted by molar-refractivity contribution is 9.10. The largest absolute Gasteiger partial charge is 0.340 e. The predicted molar refractivity (Wildman–Crippen MR) is 116 cm³/mol. The molecule has 0 unspecified atom stereocenters.